The van der Waals surface area contributed by atoms with Crippen molar-refractivity contribution < 1.29 is 0 Å². The maximum atomic E-state index is 6.65. The van der Waals surface area contributed by atoms with Gasteiger partial charge in [-0.05, 0) is 56.1 Å². The minimum Gasteiger partial charge on any atom is -0.0978 e. The van der Waals surface area contributed by atoms with Gasteiger partial charge in [-0.15, -0.1) is 0 Å². The second-order valence-corrected chi connectivity index (χ2v) is 15.9. The third-order valence-electron chi connectivity index (χ3n) is 5.46. The van der Waals surface area contributed by atoms with Crippen molar-refractivity contribution in [1.29, 1.82) is 0 Å². The molecule has 0 fully saturated rings. The Hall–Kier alpha value is -1.09. The molecule has 0 nitrogen and oxygen atoms in total. The number of hydrogen-bond donors (Lipinski definition) is 0. The lowest BCUT2D eigenvalue weighted by Gasteiger charge is -2.31. The first-order valence-corrected chi connectivity index (χ1v) is 14.1. The van der Waals surface area contributed by atoms with Crippen molar-refractivity contribution in [3.63, 3.8) is 0 Å². The zero-order chi connectivity index (χ0) is 26.1. The van der Waals surface area contributed by atoms with Crippen LogP contribution in [0, 0.1) is 10.8 Å². The summed E-state index contributed by atoms with van der Waals surface area (Å²) in [4.78, 5) is 5.56. The van der Waals surface area contributed by atoms with E-state index < -0.39 is 0 Å². The Morgan fingerprint density at radius 1 is 0.735 bits per heavy atom. The maximum Gasteiger partial charge on any atom is 0.219 e. The monoisotopic (exact) mass is 515 g/mol. The van der Waals surface area contributed by atoms with Crippen LogP contribution in [0.1, 0.15) is 98.4 Å². The molecule has 2 rings (SSSR count). The highest BCUT2D eigenvalue weighted by Gasteiger charge is 2.31. The van der Waals surface area contributed by atoms with Gasteiger partial charge in [0, 0.05) is 28.0 Å². The van der Waals surface area contributed by atoms with Gasteiger partial charge in [0.2, 0.25) is 21.1 Å². The van der Waals surface area contributed by atoms with Crippen molar-refractivity contribution in [2.24, 2.45) is 10.8 Å². The van der Waals surface area contributed by atoms with Gasteiger partial charge in [-0.2, -0.15) is 0 Å². The lowest BCUT2D eigenvalue weighted by atomic mass is 9.91. The molecule has 1 aromatic rings. The van der Waals surface area contributed by atoms with E-state index in [9.17, 15) is 0 Å². The average Bonchev–Trinajstić information content (AvgIpc) is 2.67. The molecular formula is C31H44ClS2+. The number of halogens is 1. The molecule has 0 N–H and O–H groups in total. The molecule has 0 spiro atoms. The van der Waals surface area contributed by atoms with E-state index in [1.54, 1.807) is 0 Å². The first-order chi connectivity index (χ1) is 15.3. The Bertz CT molecular complexity index is 986. The Morgan fingerprint density at radius 3 is 1.56 bits per heavy atom. The van der Waals surface area contributed by atoms with Crippen molar-refractivity contribution in [3.8, 4) is 0 Å². The SMILES string of the molecule is CC(C)(C)C1=CC(=CC=C(Cl)C=Cc2cc(C(C)(C)C)[s+]c(C(C)(C)C)c2)C=C(C(C)(C)C)S1. The minimum atomic E-state index is 0.117. The van der Waals surface area contributed by atoms with Crippen LogP contribution in [0.25, 0.3) is 6.08 Å². The summed E-state index contributed by atoms with van der Waals surface area (Å²) in [5.74, 6) is 0. The van der Waals surface area contributed by atoms with Crippen LogP contribution in [0.3, 0.4) is 0 Å². The van der Waals surface area contributed by atoms with Crippen molar-refractivity contribution in [3.05, 3.63) is 78.2 Å². The van der Waals surface area contributed by atoms with E-state index in [1.165, 1.54) is 30.7 Å². The number of rotatable bonds is 3. The lowest BCUT2D eigenvalue weighted by Crippen LogP contribution is -2.14. The molecule has 2 heterocycles. The summed E-state index contributed by atoms with van der Waals surface area (Å²) in [7, 11) is 0. The molecule has 1 aromatic heterocycles. The van der Waals surface area contributed by atoms with Crippen molar-refractivity contribution in [2.45, 2.75) is 93.9 Å². The minimum absolute atomic E-state index is 0.117. The lowest BCUT2D eigenvalue weighted by molar-refractivity contribution is 0.521. The van der Waals surface area contributed by atoms with Crippen LogP contribution in [0.15, 0.2) is 62.9 Å². The summed E-state index contributed by atoms with van der Waals surface area (Å²) in [5, 5.41) is 0.726. The van der Waals surface area contributed by atoms with Crippen LogP contribution >= 0.6 is 34.7 Å². The average molecular weight is 516 g/mol. The highest BCUT2D eigenvalue weighted by atomic mass is 35.5. The summed E-state index contributed by atoms with van der Waals surface area (Å²) in [6.07, 6.45) is 12.9. The summed E-state index contributed by atoms with van der Waals surface area (Å²) in [6, 6.07) is 4.60. The van der Waals surface area contributed by atoms with E-state index in [0.29, 0.717) is 0 Å². The molecule has 0 amide bonds. The predicted molar refractivity (Wildman–Crippen MR) is 160 cm³/mol. The first kappa shape index (κ1) is 29.1. The van der Waals surface area contributed by atoms with Gasteiger partial charge < -0.3 is 0 Å². The third-order valence-corrected chi connectivity index (χ3v) is 9.51. The highest BCUT2D eigenvalue weighted by molar-refractivity contribution is 8.06. The number of hydrogen-bond acceptors (Lipinski definition) is 1. The Morgan fingerprint density at radius 2 is 1.18 bits per heavy atom. The molecule has 0 saturated heterocycles. The molecule has 0 saturated carbocycles. The largest absolute Gasteiger partial charge is 0.219 e. The van der Waals surface area contributed by atoms with Crippen LogP contribution < -0.4 is 0 Å². The molecule has 1 aliphatic heterocycles. The molecule has 0 radical (unpaired) electrons. The second-order valence-electron chi connectivity index (χ2n) is 13.3. The second kappa shape index (κ2) is 10.5. The molecule has 186 valence electrons. The topological polar surface area (TPSA) is 0 Å². The van der Waals surface area contributed by atoms with Gasteiger partial charge in [0.1, 0.15) is 0 Å². The van der Waals surface area contributed by atoms with Gasteiger partial charge in [0.15, 0.2) is 0 Å². The molecule has 1 aliphatic rings. The fraction of sp³-hybridized carbons (Fsp3) is 0.516. The fourth-order valence-corrected chi connectivity index (χ4v) is 5.73. The zero-order valence-corrected chi connectivity index (χ0v) is 25.7. The van der Waals surface area contributed by atoms with Crippen LogP contribution in [-0.4, -0.2) is 0 Å². The van der Waals surface area contributed by atoms with Gasteiger partial charge in [0.05, 0.1) is 0 Å². The zero-order valence-electron chi connectivity index (χ0n) is 23.3. The van der Waals surface area contributed by atoms with Crippen LogP contribution in [0.2, 0.25) is 0 Å². The van der Waals surface area contributed by atoms with Gasteiger partial charge in [-0.3, -0.25) is 0 Å². The fourth-order valence-electron chi connectivity index (χ4n) is 3.12. The molecule has 0 aliphatic carbocycles. The van der Waals surface area contributed by atoms with E-state index >= 15 is 0 Å². The predicted octanol–water partition coefficient (Wildman–Crippen LogP) is 11.3. The van der Waals surface area contributed by atoms with Gasteiger partial charge in [-0.25, -0.2) is 0 Å². The van der Waals surface area contributed by atoms with Gasteiger partial charge in [-0.1, -0.05) is 119 Å². The smallest absolute Gasteiger partial charge is 0.0978 e. The van der Waals surface area contributed by atoms with Crippen molar-refractivity contribution >= 4 is 40.8 Å². The van der Waals surface area contributed by atoms with Gasteiger partial charge >= 0.3 is 0 Å². The summed E-state index contributed by atoms with van der Waals surface area (Å²) >= 11 is 10.5. The molecule has 0 unspecified atom stereocenters. The highest BCUT2D eigenvalue weighted by Crippen LogP contribution is 2.48. The molecule has 0 atom stereocenters. The van der Waals surface area contributed by atoms with Crippen LogP contribution in [-0.2, 0) is 10.8 Å². The van der Waals surface area contributed by atoms with Crippen molar-refractivity contribution in [1.82, 2.24) is 0 Å². The van der Waals surface area contributed by atoms with E-state index in [2.05, 4.69) is 120 Å². The Kier molecular flexibility index (Phi) is 8.99. The summed E-state index contributed by atoms with van der Waals surface area (Å²) < 4.78 is 0. The van der Waals surface area contributed by atoms with Crippen LogP contribution in [0.5, 0.6) is 0 Å². The Balaban J connectivity index is 2.40. The third kappa shape index (κ3) is 8.54. The van der Waals surface area contributed by atoms with E-state index in [4.69, 9.17) is 11.6 Å². The van der Waals surface area contributed by atoms with E-state index in [0.717, 1.165) is 5.03 Å². The quantitative estimate of drug-likeness (QED) is 0.285. The molecule has 3 heteroatoms. The van der Waals surface area contributed by atoms with E-state index in [1.807, 2.05) is 35.3 Å². The molecule has 34 heavy (non-hydrogen) atoms. The number of allylic oxidation sites excluding steroid dienone is 9. The molecule has 0 bridgehead atoms. The Labute approximate surface area is 223 Å². The van der Waals surface area contributed by atoms with Crippen molar-refractivity contribution in [2.75, 3.05) is 0 Å². The summed E-state index contributed by atoms with van der Waals surface area (Å²) in [6.45, 7) is 27.3. The van der Waals surface area contributed by atoms with Gasteiger partial charge in [0.25, 0.3) is 0 Å². The van der Waals surface area contributed by atoms with Crippen LogP contribution in [0.4, 0.5) is 0 Å². The first-order valence-electron chi connectivity index (χ1n) is 12.1. The molecular weight excluding hydrogens is 472 g/mol. The van der Waals surface area contributed by atoms with E-state index in [-0.39, 0.29) is 21.7 Å². The normalized spacial score (nSPS) is 16.6. The maximum absolute atomic E-state index is 6.65. The molecule has 0 aromatic carbocycles. The standard InChI is InChI=1S/C31H44ClS2/c1-28(2,3)24-17-21(18-25(33-24)29(4,5)6)13-15-23(32)16-14-22-19-26(30(7,8)9)34-27(20-22)31(10,11)12/h13-20H,1-12H3/q+1. The number of thioether (sulfide) groups is 1. The summed E-state index contributed by atoms with van der Waals surface area (Å²) in [5.41, 5.74) is 2.87.